The van der Waals surface area contributed by atoms with E-state index in [1.807, 2.05) is 55.5 Å². The quantitative estimate of drug-likeness (QED) is 0.650. The number of carbonyl (C=O) groups excluding carboxylic acids is 1. The van der Waals surface area contributed by atoms with Gasteiger partial charge < -0.3 is 18.9 Å². The zero-order valence-corrected chi connectivity index (χ0v) is 15.8. The van der Waals surface area contributed by atoms with Gasteiger partial charge in [0.15, 0.2) is 0 Å². The van der Waals surface area contributed by atoms with Crippen LogP contribution in [0.15, 0.2) is 53.1 Å². The molecule has 1 aliphatic rings. The van der Waals surface area contributed by atoms with E-state index in [4.69, 9.17) is 14.0 Å². The highest BCUT2D eigenvalue weighted by atomic mass is 16.5. The molecule has 144 valence electrons. The van der Waals surface area contributed by atoms with Crippen molar-refractivity contribution in [2.45, 2.75) is 19.3 Å². The summed E-state index contributed by atoms with van der Waals surface area (Å²) >= 11 is 0. The van der Waals surface area contributed by atoms with Gasteiger partial charge in [0.1, 0.15) is 11.5 Å². The van der Waals surface area contributed by atoms with Gasteiger partial charge in [-0.15, -0.1) is 0 Å². The van der Waals surface area contributed by atoms with Crippen molar-refractivity contribution in [1.29, 1.82) is 0 Å². The number of rotatable bonds is 6. The minimum atomic E-state index is -0.133. The zero-order chi connectivity index (χ0) is 19.5. The molecule has 7 heteroatoms. The fourth-order valence-corrected chi connectivity index (χ4v) is 3.29. The molecule has 0 spiro atoms. The Bertz CT molecular complexity index is 968. The van der Waals surface area contributed by atoms with Crippen LogP contribution in [0.5, 0.6) is 11.5 Å². The van der Waals surface area contributed by atoms with E-state index >= 15 is 0 Å². The lowest BCUT2D eigenvalue weighted by molar-refractivity contribution is -0.117. The molecular weight excluding hydrogens is 358 g/mol. The van der Waals surface area contributed by atoms with Crippen LogP contribution in [-0.2, 0) is 4.79 Å². The third kappa shape index (κ3) is 3.55. The highest BCUT2D eigenvalue weighted by Gasteiger charge is 2.35. The topological polar surface area (TPSA) is 77.7 Å². The number of ether oxygens (including phenoxy) is 2. The van der Waals surface area contributed by atoms with E-state index in [-0.39, 0.29) is 11.8 Å². The van der Waals surface area contributed by atoms with E-state index in [0.717, 1.165) is 22.7 Å². The third-order valence-electron chi connectivity index (χ3n) is 4.70. The molecule has 3 aromatic rings. The summed E-state index contributed by atoms with van der Waals surface area (Å²) in [4.78, 5) is 18.8. The molecule has 1 atom stereocenters. The van der Waals surface area contributed by atoms with E-state index in [1.165, 1.54) is 0 Å². The number of carbonyl (C=O) groups is 1. The van der Waals surface area contributed by atoms with Crippen LogP contribution in [0, 0.1) is 0 Å². The van der Waals surface area contributed by atoms with Crippen molar-refractivity contribution in [3.05, 3.63) is 54.4 Å². The molecule has 0 radical (unpaired) electrons. The summed E-state index contributed by atoms with van der Waals surface area (Å²) in [6.07, 6.45) is 0.340. The molecule has 0 aliphatic carbocycles. The van der Waals surface area contributed by atoms with Gasteiger partial charge in [0, 0.05) is 24.2 Å². The molecule has 0 saturated carbocycles. The second-order valence-electron chi connectivity index (χ2n) is 6.52. The Morgan fingerprint density at radius 2 is 2.00 bits per heavy atom. The molecule has 1 saturated heterocycles. The summed E-state index contributed by atoms with van der Waals surface area (Å²) in [7, 11) is 1.61. The average molecular weight is 379 g/mol. The molecule has 28 heavy (non-hydrogen) atoms. The summed E-state index contributed by atoms with van der Waals surface area (Å²) in [6, 6.07) is 15.0. The Morgan fingerprint density at radius 3 is 2.75 bits per heavy atom. The Labute approximate surface area is 162 Å². The van der Waals surface area contributed by atoms with Gasteiger partial charge in [-0.3, -0.25) is 4.79 Å². The summed E-state index contributed by atoms with van der Waals surface area (Å²) in [5, 5.41) is 4.09. The van der Waals surface area contributed by atoms with Gasteiger partial charge in [-0.05, 0) is 43.3 Å². The normalized spacial score (nSPS) is 16.4. The molecule has 2 aromatic carbocycles. The van der Waals surface area contributed by atoms with Gasteiger partial charge >= 0.3 is 0 Å². The number of hydrogen-bond donors (Lipinski definition) is 0. The maximum Gasteiger partial charge on any atom is 0.232 e. The first-order valence-corrected chi connectivity index (χ1v) is 9.19. The summed E-state index contributed by atoms with van der Waals surface area (Å²) in [5.74, 6) is 2.38. The van der Waals surface area contributed by atoms with Gasteiger partial charge in [-0.1, -0.05) is 17.3 Å². The zero-order valence-electron chi connectivity index (χ0n) is 15.8. The van der Waals surface area contributed by atoms with Gasteiger partial charge in [-0.25, -0.2) is 0 Å². The fourth-order valence-electron chi connectivity index (χ4n) is 3.29. The molecule has 1 aromatic heterocycles. The predicted octanol–water partition coefficient (Wildman–Crippen LogP) is 3.66. The summed E-state index contributed by atoms with van der Waals surface area (Å²) in [5.41, 5.74) is 1.65. The van der Waals surface area contributed by atoms with Crippen LogP contribution in [0.25, 0.3) is 11.4 Å². The first-order valence-electron chi connectivity index (χ1n) is 9.19. The van der Waals surface area contributed by atoms with E-state index in [0.29, 0.717) is 31.3 Å². The number of aromatic nitrogens is 2. The van der Waals surface area contributed by atoms with Crippen molar-refractivity contribution >= 4 is 11.6 Å². The lowest BCUT2D eigenvalue weighted by Crippen LogP contribution is -2.24. The number of methoxy groups -OCH3 is 1. The third-order valence-corrected chi connectivity index (χ3v) is 4.70. The fraction of sp³-hybridized carbons (Fsp3) is 0.286. The molecule has 1 amide bonds. The minimum Gasteiger partial charge on any atom is -0.497 e. The lowest BCUT2D eigenvalue weighted by atomic mass is 10.1. The predicted molar refractivity (Wildman–Crippen MR) is 104 cm³/mol. The number of benzene rings is 2. The van der Waals surface area contributed by atoms with E-state index in [2.05, 4.69) is 10.1 Å². The second-order valence-corrected chi connectivity index (χ2v) is 6.52. The molecular formula is C21H21N3O4. The largest absolute Gasteiger partial charge is 0.497 e. The first kappa shape index (κ1) is 18.0. The number of hydrogen-bond acceptors (Lipinski definition) is 6. The molecule has 7 nitrogen and oxygen atoms in total. The van der Waals surface area contributed by atoms with Crippen molar-refractivity contribution in [3.63, 3.8) is 0 Å². The standard InChI is InChI=1S/C21H21N3O4/c1-3-27-18-6-4-5-14(11-18)20-22-21(28-23-20)15-12-19(25)24(13-15)16-7-9-17(26-2)10-8-16/h4-11,15H,3,12-13H2,1-2H3. The van der Waals surface area contributed by atoms with Gasteiger partial charge in [0.05, 0.1) is 19.6 Å². The summed E-state index contributed by atoms with van der Waals surface area (Å²) < 4.78 is 16.2. The summed E-state index contributed by atoms with van der Waals surface area (Å²) in [6.45, 7) is 3.03. The van der Waals surface area contributed by atoms with Crippen LogP contribution in [-0.4, -0.2) is 36.3 Å². The Morgan fingerprint density at radius 1 is 1.18 bits per heavy atom. The van der Waals surface area contributed by atoms with Crippen molar-refractivity contribution < 1.29 is 18.8 Å². The number of nitrogens with zero attached hydrogens (tertiary/aromatic N) is 3. The van der Waals surface area contributed by atoms with E-state index in [9.17, 15) is 4.79 Å². The molecule has 1 fully saturated rings. The molecule has 0 bridgehead atoms. The van der Waals surface area contributed by atoms with Crippen molar-refractivity contribution in [2.75, 3.05) is 25.2 Å². The minimum absolute atomic E-state index is 0.0354. The number of anilines is 1. The molecule has 4 rings (SSSR count). The lowest BCUT2D eigenvalue weighted by Gasteiger charge is -2.16. The highest BCUT2D eigenvalue weighted by molar-refractivity contribution is 5.96. The van der Waals surface area contributed by atoms with Crippen LogP contribution >= 0.6 is 0 Å². The maximum absolute atomic E-state index is 12.5. The van der Waals surface area contributed by atoms with Gasteiger partial charge in [0.25, 0.3) is 0 Å². The Kier molecular flexibility index (Phi) is 4.97. The Balaban J connectivity index is 1.51. The first-order chi connectivity index (χ1) is 13.7. The van der Waals surface area contributed by atoms with E-state index in [1.54, 1.807) is 12.0 Å². The van der Waals surface area contributed by atoms with Gasteiger partial charge in [0.2, 0.25) is 17.6 Å². The highest BCUT2D eigenvalue weighted by Crippen LogP contribution is 2.33. The second kappa shape index (κ2) is 7.72. The van der Waals surface area contributed by atoms with Crippen LogP contribution < -0.4 is 14.4 Å². The van der Waals surface area contributed by atoms with Crippen molar-refractivity contribution in [3.8, 4) is 22.9 Å². The molecule has 2 heterocycles. The van der Waals surface area contributed by atoms with Crippen LogP contribution in [0.2, 0.25) is 0 Å². The number of amides is 1. The van der Waals surface area contributed by atoms with Gasteiger partial charge in [-0.2, -0.15) is 4.98 Å². The van der Waals surface area contributed by atoms with Crippen LogP contribution in [0.4, 0.5) is 5.69 Å². The van der Waals surface area contributed by atoms with Crippen LogP contribution in [0.1, 0.15) is 25.2 Å². The molecule has 1 aliphatic heterocycles. The SMILES string of the molecule is CCOc1cccc(-c2noc(C3CC(=O)N(c4ccc(OC)cc4)C3)n2)c1. The molecule has 1 unspecified atom stereocenters. The van der Waals surface area contributed by atoms with Crippen molar-refractivity contribution in [1.82, 2.24) is 10.1 Å². The van der Waals surface area contributed by atoms with Crippen molar-refractivity contribution in [2.24, 2.45) is 0 Å². The maximum atomic E-state index is 12.5. The molecule has 0 N–H and O–H groups in total. The van der Waals surface area contributed by atoms with E-state index < -0.39 is 0 Å². The Hall–Kier alpha value is -3.35. The smallest absolute Gasteiger partial charge is 0.232 e. The average Bonchev–Trinajstić information content (AvgIpc) is 3.36. The monoisotopic (exact) mass is 379 g/mol. The van der Waals surface area contributed by atoms with Crippen LogP contribution in [0.3, 0.4) is 0 Å².